The van der Waals surface area contributed by atoms with Crippen LogP contribution in [0.4, 0.5) is 28.4 Å². The first kappa shape index (κ1) is 37.2. The van der Waals surface area contributed by atoms with Crippen LogP contribution in [0.2, 0.25) is 0 Å². The Balaban J connectivity index is 1.09. The van der Waals surface area contributed by atoms with Gasteiger partial charge in [0, 0.05) is 39.8 Å². The molecule has 8 aromatic rings. The van der Waals surface area contributed by atoms with E-state index in [9.17, 15) is 0 Å². The Bertz CT molecular complexity index is 2790. The van der Waals surface area contributed by atoms with Gasteiger partial charge < -0.3 is 9.80 Å². The van der Waals surface area contributed by atoms with Crippen molar-refractivity contribution in [3.8, 4) is 44.5 Å². The minimum Gasteiger partial charge on any atom is -0.317 e. The molecule has 0 unspecified atom stereocenters. The minimum absolute atomic E-state index is 0.102. The number of allylic oxidation sites excluding steroid dienone is 4. The zero-order valence-electron chi connectivity index (χ0n) is 33.5. The number of rotatable bonds is 11. The number of para-hydroxylation sites is 3. The highest BCUT2D eigenvalue weighted by Gasteiger charge is 2.35. The highest BCUT2D eigenvalue weighted by molar-refractivity contribution is 5.92. The Labute approximate surface area is 349 Å². The number of benzene rings is 8. The lowest BCUT2D eigenvalue weighted by Gasteiger charge is -2.29. The molecular formula is C57H46N2. The van der Waals surface area contributed by atoms with Crippen molar-refractivity contribution in [2.75, 3.05) is 9.80 Å². The molecule has 0 atom stereocenters. The molecule has 0 radical (unpaired) electrons. The van der Waals surface area contributed by atoms with Crippen LogP contribution in [0.1, 0.15) is 25.0 Å². The summed E-state index contributed by atoms with van der Waals surface area (Å²) in [7, 11) is 0. The number of anilines is 5. The van der Waals surface area contributed by atoms with Gasteiger partial charge in [0.2, 0.25) is 0 Å². The number of fused-ring (bicyclic) bond motifs is 3. The van der Waals surface area contributed by atoms with Gasteiger partial charge in [-0.3, -0.25) is 0 Å². The van der Waals surface area contributed by atoms with Gasteiger partial charge in [0.05, 0.1) is 11.4 Å². The zero-order chi connectivity index (χ0) is 40.2. The van der Waals surface area contributed by atoms with Gasteiger partial charge in [-0.05, 0) is 99.1 Å². The SMILES string of the molecule is C=C/C=C\C=C\N(c1ccc(-c2ccccc2)cc1)c1ccccc1-c1ccc(-c2ccccc2N(c2ccccc2)c2ccc3c(c2)C(C)(C)c2ccccc2-3)cc1. The predicted octanol–water partition coefficient (Wildman–Crippen LogP) is 15.9. The van der Waals surface area contributed by atoms with E-state index in [0.717, 1.165) is 50.7 Å². The fourth-order valence-corrected chi connectivity index (χ4v) is 8.53. The van der Waals surface area contributed by atoms with Gasteiger partial charge in [-0.2, -0.15) is 0 Å². The van der Waals surface area contributed by atoms with E-state index >= 15 is 0 Å². The molecule has 0 bridgehead atoms. The van der Waals surface area contributed by atoms with Crippen molar-refractivity contribution in [1.82, 2.24) is 0 Å². The van der Waals surface area contributed by atoms with Crippen LogP contribution in [0, 0.1) is 0 Å². The largest absolute Gasteiger partial charge is 0.317 e. The molecule has 0 aliphatic heterocycles. The van der Waals surface area contributed by atoms with Crippen LogP contribution >= 0.6 is 0 Å². The van der Waals surface area contributed by atoms with E-state index in [-0.39, 0.29) is 5.41 Å². The Kier molecular flexibility index (Phi) is 10.2. The summed E-state index contributed by atoms with van der Waals surface area (Å²) in [5.41, 5.74) is 17.8. The number of nitrogens with zero attached hydrogens (tertiary/aromatic N) is 2. The van der Waals surface area contributed by atoms with Crippen molar-refractivity contribution in [1.29, 1.82) is 0 Å². The predicted molar refractivity (Wildman–Crippen MR) is 252 cm³/mol. The Morgan fingerprint density at radius 3 is 1.58 bits per heavy atom. The molecule has 0 spiro atoms. The Morgan fingerprint density at radius 1 is 0.390 bits per heavy atom. The summed E-state index contributed by atoms with van der Waals surface area (Å²) < 4.78 is 0. The maximum atomic E-state index is 3.85. The molecule has 0 amide bonds. The quantitative estimate of drug-likeness (QED) is 0.121. The van der Waals surface area contributed by atoms with E-state index in [1.807, 2.05) is 12.2 Å². The monoisotopic (exact) mass is 758 g/mol. The fourth-order valence-electron chi connectivity index (χ4n) is 8.53. The van der Waals surface area contributed by atoms with Crippen molar-refractivity contribution >= 4 is 28.4 Å². The third kappa shape index (κ3) is 7.22. The molecule has 0 saturated carbocycles. The van der Waals surface area contributed by atoms with Crippen LogP contribution < -0.4 is 9.80 Å². The van der Waals surface area contributed by atoms with Crippen molar-refractivity contribution in [3.63, 3.8) is 0 Å². The van der Waals surface area contributed by atoms with Crippen LogP contribution in [0.15, 0.2) is 237 Å². The molecule has 0 N–H and O–H groups in total. The summed E-state index contributed by atoms with van der Waals surface area (Å²) in [6, 6.07) is 72.3. The third-order valence-corrected chi connectivity index (χ3v) is 11.5. The van der Waals surface area contributed by atoms with Crippen LogP contribution in [0.5, 0.6) is 0 Å². The first-order chi connectivity index (χ1) is 29.0. The van der Waals surface area contributed by atoms with Gasteiger partial charge in [-0.25, -0.2) is 0 Å². The maximum absolute atomic E-state index is 3.85. The van der Waals surface area contributed by atoms with Crippen LogP contribution in [0.3, 0.4) is 0 Å². The molecule has 1 aliphatic carbocycles. The van der Waals surface area contributed by atoms with Gasteiger partial charge in [0.25, 0.3) is 0 Å². The molecule has 284 valence electrons. The number of hydrogen-bond donors (Lipinski definition) is 0. The number of hydrogen-bond acceptors (Lipinski definition) is 2. The standard InChI is InChI=1S/C57H46N2/c1-4-5-6-19-40-58(46-36-34-43(35-37-46)42-20-9-7-10-21-42)55-28-17-14-24-49(55)44-30-32-45(33-31-44)50-25-15-18-29-56(50)59(47-22-11-8-12-23-47)48-38-39-52-51-26-13-16-27-53(51)57(2,3)54(52)41-48/h4-41H,1H2,2-3H3/b6-5-,40-19+. The second-order valence-corrected chi connectivity index (χ2v) is 15.4. The molecule has 0 heterocycles. The minimum atomic E-state index is -0.102. The van der Waals surface area contributed by atoms with Crippen LogP contribution in [-0.4, -0.2) is 0 Å². The summed E-state index contributed by atoms with van der Waals surface area (Å²) in [6.45, 7) is 8.54. The Morgan fingerprint density at radius 2 is 0.898 bits per heavy atom. The summed E-state index contributed by atoms with van der Waals surface area (Å²) in [6.07, 6.45) is 9.93. The average Bonchev–Trinajstić information content (AvgIpc) is 3.53. The van der Waals surface area contributed by atoms with Crippen molar-refractivity contribution in [2.24, 2.45) is 0 Å². The van der Waals surface area contributed by atoms with E-state index in [0.29, 0.717) is 0 Å². The first-order valence-corrected chi connectivity index (χ1v) is 20.3. The van der Waals surface area contributed by atoms with E-state index in [1.165, 1.54) is 33.4 Å². The first-order valence-electron chi connectivity index (χ1n) is 20.3. The second kappa shape index (κ2) is 16.2. The van der Waals surface area contributed by atoms with Gasteiger partial charge >= 0.3 is 0 Å². The normalized spacial score (nSPS) is 12.6. The topological polar surface area (TPSA) is 6.48 Å². The highest BCUT2D eigenvalue weighted by atomic mass is 15.1. The molecule has 9 rings (SSSR count). The van der Waals surface area contributed by atoms with Gasteiger partial charge in [-0.15, -0.1) is 0 Å². The molecule has 59 heavy (non-hydrogen) atoms. The van der Waals surface area contributed by atoms with Gasteiger partial charge in [0.15, 0.2) is 0 Å². The van der Waals surface area contributed by atoms with Crippen LogP contribution in [-0.2, 0) is 5.41 Å². The lowest BCUT2D eigenvalue weighted by atomic mass is 9.82. The molecule has 2 nitrogen and oxygen atoms in total. The molecule has 1 aliphatic rings. The summed E-state index contributed by atoms with van der Waals surface area (Å²) in [4.78, 5) is 4.67. The summed E-state index contributed by atoms with van der Waals surface area (Å²) in [5, 5.41) is 0. The highest BCUT2D eigenvalue weighted by Crippen LogP contribution is 2.51. The summed E-state index contributed by atoms with van der Waals surface area (Å²) in [5.74, 6) is 0. The smallest absolute Gasteiger partial charge is 0.0540 e. The summed E-state index contributed by atoms with van der Waals surface area (Å²) >= 11 is 0. The van der Waals surface area contributed by atoms with E-state index < -0.39 is 0 Å². The van der Waals surface area contributed by atoms with Gasteiger partial charge in [0.1, 0.15) is 0 Å². The van der Waals surface area contributed by atoms with E-state index in [4.69, 9.17) is 0 Å². The fraction of sp³-hybridized carbons (Fsp3) is 0.0526. The van der Waals surface area contributed by atoms with Crippen molar-refractivity contribution in [2.45, 2.75) is 19.3 Å². The lowest BCUT2D eigenvalue weighted by Crippen LogP contribution is -2.16. The second-order valence-electron chi connectivity index (χ2n) is 15.4. The average molecular weight is 759 g/mol. The molecule has 8 aromatic carbocycles. The molecule has 0 fully saturated rings. The molecular weight excluding hydrogens is 713 g/mol. The van der Waals surface area contributed by atoms with Crippen molar-refractivity contribution in [3.05, 3.63) is 248 Å². The molecule has 0 aromatic heterocycles. The van der Waals surface area contributed by atoms with E-state index in [2.05, 4.69) is 243 Å². The molecule has 0 saturated heterocycles. The van der Waals surface area contributed by atoms with E-state index in [1.54, 1.807) is 6.08 Å². The zero-order valence-corrected chi connectivity index (χ0v) is 33.5. The molecule has 2 heteroatoms. The van der Waals surface area contributed by atoms with Gasteiger partial charge in [-0.1, -0.05) is 190 Å². The maximum Gasteiger partial charge on any atom is 0.0540 e. The lowest BCUT2D eigenvalue weighted by molar-refractivity contribution is 0.660. The Hall–Kier alpha value is -7.42. The van der Waals surface area contributed by atoms with Crippen molar-refractivity contribution < 1.29 is 0 Å². The third-order valence-electron chi connectivity index (χ3n) is 11.5. The van der Waals surface area contributed by atoms with Crippen LogP contribution in [0.25, 0.3) is 44.5 Å².